The Kier molecular flexibility index (Phi) is 4.79. The van der Waals surface area contributed by atoms with Crippen LogP contribution in [-0.2, 0) is 16.6 Å². The first-order valence-electron chi connectivity index (χ1n) is 7.18. The van der Waals surface area contributed by atoms with Crippen molar-refractivity contribution in [2.75, 3.05) is 19.8 Å². The van der Waals surface area contributed by atoms with Gasteiger partial charge in [-0.15, -0.1) is 0 Å². The monoisotopic (exact) mass is 247 g/mol. The SMILES string of the molecule is CCCCOCCC1(CN)CCc2ccccc21. The topological polar surface area (TPSA) is 35.2 Å². The molecule has 100 valence electrons. The molecular weight excluding hydrogens is 222 g/mol. The van der Waals surface area contributed by atoms with Crippen molar-refractivity contribution >= 4 is 0 Å². The molecule has 2 nitrogen and oxygen atoms in total. The van der Waals surface area contributed by atoms with Gasteiger partial charge in [0.15, 0.2) is 0 Å². The molecule has 0 aliphatic heterocycles. The summed E-state index contributed by atoms with van der Waals surface area (Å²) in [5, 5.41) is 0. The summed E-state index contributed by atoms with van der Waals surface area (Å²) in [6.07, 6.45) is 5.77. The number of aryl methyl sites for hydroxylation is 1. The van der Waals surface area contributed by atoms with Crippen molar-refractivity contribution in [3.8, 4) is 0 Å². The zero-order chi connectivity index (χ0) is 12.8. The van der Waals surface area contributed by atoms with Gasteiger partial charge in [-0.05, 0) is 36.8 Å². The lowest BCUT2D eigenvalue weighted by Crippen LogP contribution is -2.34. The minimum atomic E-state index is 0.169. The maximum absolute atomic E-state index is 6.07. The zero-order valence-electron chi connectivity index (χ0n) is 11.5. The van der Waals surface area contributed by atoms with Gasteiger partial charge in [0.25, 0.3) is 0 Å². The minimum Gasteiger partial charge on any atom is -0.381 e. The Morgan fingerprint density at radius 1 is 1.28 bits per heavy atom. The summed E-state index contributed by atoms with van der Waals surface area (Å²) < 4.78 is 5.72. The van der Waals surface area contributed by atoms with E-state index in [0.717, 1.165) is 32.6 Å². The highest BCUT2D eigenvalue weighted by atomic mass is 16.5. The molecule has 1 aliphatic rings. The Morgan fingerprint density at radius 3 is 2.89 bits per heavy atom. The third-order valence-corrected chi connectivity index (χ3v) is 4.22. The molecule has 1 unspecified atom stereocenters. The first-order chi connectivity index (χ1) is 8.82. The van der Waals surface area contributed by atoms with Crippen LogP contribution in [0.4, 0.5) is 0 Å². The van der Waals surface area contributed by atoms with Gasteiger partial charge in [0.1, 0.15) is 0 Å². The van der Waals surface area contributed by atoms with Gasteiger partial charge in [0.2, 0.25) is 0 Å². The van der Waals surface area contributed by atoms with Gasteiger partial charge in [0.05, 0.1) is 0 Å². The third kappa shape index (κ3) is 2.76. The van der Waals surface area contributed by atoms with Crippen LogP contribution >= 0.6 is 0 Å². The van der Waals surface area contributed by atoms with Crippen molar-refractivity contribution in [2.45, 2.75) is 44.4 Å². The van der Waals surface area contributed by atoms with Crippen molar-refractivity contribution < 1.29 is 4.74 Å². The van der Waals surface area contributed by atoms with E-state index in [-0.39, 0.29) is 5.41 Å². The van der Waals surface area contributed by atoms with Gasteiger partial charge in [-0.3, -0.25) is 0 Å². The largest absolute Gasteiger partial charge is 0.381 e. The van der Waals surface area contributed by atoms with Gasteiger partial charge in [-0.25, -0.2) is 0 Å². The predicted octanol–water partition coefficient (Wildman–Crippen LogP) is 3.04. The molecule has 0 aromatic heterocycles. The fourth-order valence-corrected chi connectivity index (χ4v) is 2.95. The highest BCUT2D eigenvalue weighted by Gasteiger charge is 2.36. The third-order valence-electron chi connectivity index (χ3n) is 4.22. The van der Waals surface area contributed by atoms with Crippen molar-refractivity contribution in [3.05, 3.63) is 35.4 Å². The van der Waals surface area contributed by atoms with E-state index in [4.69, 9.17) is 10.5 Å². The van der Waals surface area contributed by atoms with Crippen LogP contribution in [0.15, 0.2) is 24.3 Å². The summed E-state index contributed by atoms with van der Waals surface area (Å²) in [7, 11) is 0. The lowest BCUT2D eigenvalue weighted by atomic mass is 9.79. The van der Waals surface area contributed by atoms with Crippen LogP contribution in [0.3, 0.4) is 0 Å². The lowest BCUT2D eigenvalue weighted by molar-refractivity contribution is 0.111. The van der Waals surface area contributed by atoms with Gasteiger partial charge in [-0.2, -0.15) is 0 Å². The van der Waals surface area contributed by atoms with Crippen LogP contribution in [0.2, 0.25) is 0 Å². The zero-order valence-corrected chi connectivity index (χ0v) is 11.5. The molecule has 0 amide bonds. The van der Waals surface area contributed by atoms with Crippen LogP contribution in [0, 0.1) is 0 Å². The number of hydrogen-bond acceptors (Lipinski definition) is 2. The molecule has 2 N–H and O–H groups in total. The molecule has 0 saturated heterocycles. The first-order valence-corrected chi connectivity index (χ1v) is 7.18. The van der Waals surface area contributed by atoms with Crippen LogP contribution in [0.5, 0.6) is 0 Å². The summed E-state index contributed by atoms with van der Waals surface area (Å²) in [4.78, 5) is 0. The number of hydrogen-bond donors (Lipinski definition) is 1. The summed E-state index contributed by atoms with van der Waals surface area (Å²) >= 11 is 0. The van der Waals surface area contributed by atoms with Crippen molar-refractivity contribution in [1.82, 2.24) is 0 Å². The van der Waals surface area contributed by atoms with Crippen molar-refractivity contribution in [2.24, 2.45) is 5.73 Å². The summed E-state index contributed by atoms with van der Waals surface area (Å²) in [5.41, 5.74) is 9.19. The van der Waals surface area contributed by atoms with Crippen molar-refractivity contribution in [3.63, 3.8) is 0 Å². The molecular formula is C16H25NO. The van der Waals surface area contributed by atoms with E-state index in [2.05, 4.69) is 31.2 Å². The molecule has 1 aromatic rings. The number of benzene rings is 1. The predicted molar refractivity (Wildman–Crippen MR) is 75.8 cm³/mol. The molecule has 18 heavy (non-hydrogen) atoms. The Morgan fingerprint density at radius 2 is 2.11 bits per heavy atom. The average Bonchev–Trinajstić information content (AvgIpc) is 2.79. The molecule has 0 fully saturated rings. The number of rotatable bonds is 7. The van der Waals surface area contributed by atoms with Crippen LogP contribution in [0.1, 0.15) is 43.7 Å². The first kappa shape index (κ1) is 13.6. The van der Waals surface area contributed by atoms with Gasteiger partial charge in [-0.1, -0.05) is 37.6 Å². The molecule has 0 radical (unpaired) electrons. The maximum atomic E-state index is 6.07. The standard InChI is InChI=1S/C16H25NO/c1-2-3-11-18-12-10-16(13-17)9-8-14-6-4-5-7-15(14)16/h4-7H,2-3,8-13,17H2,1H3. The molecule has 1 aromatic carbocycles. The van der Waals surface area contributed by atoms with E-state index < -0.39 is 0 Å². The normalized spacial score (nSPS) is 22.1. The van der Waals surface area contributed by atoms with Crippen LogP contribution in [-0.4, -0.2) is 19.8 Å². The van der Waals surface area contributed by atoms with E-state index in [1.807, 2.05) is 0 Å². The number of ether oxygens (including phenoxy) is 1. The number of fused-ring (bicyclic) bond motifs is 1. The fraction of sp³-hybridized carbons (Fsp3) is 0.625. The Balaban J connectivity index is 1.96. The molecule has 0 heterocycles. The molecule has 1 atom stereocenters. The van der Waals surface area contributed by atoms with Crippen LogP contribution < -0.4 is 5.73 Å². The minimum absolute atomic E-state index is 0.169. The lowest BCUT2D eigenvalue weighted by Gasteiger charge is -2.29. The Hall–Kier alpha value is -0.860. The second kappa shape index (κ2) is 6.35. The fourth-order valence-electron chi connectivity index (χ4n) is 2.95. The summed E-state index contributed by atoms with van der Waals surface area (Å²) in [6.45, 7) is 4.66. The second-order valence-electron chi connectivity index (χ2n) is 5.36. The molecule has 0 spiro atoms. The van der Waals surface area contributed by atoms with E-state index in [0.29, 0.717) is 0 Å². The molecule has 1 aliphatic carbocycles. The van der Waals surface area contributed by atoms with E-state index in [9.17, 15) is 0 Å². The summed E-state index contributed by atoms with van der Waals surface area (Å²) in [5.74, 6) is 0. The smallest absolute Gasteiger partial charge is 0.0475 e. The molecule has 0 saturated carbocycles. The van der Waals surface area contributed by atoms with E-state index >= 15 is 0 Å². The van der Waals surface area contributed by atoms with Gasteiger partial charge in [0, 0.05) is 25.2 Å². The number of unbranched alkanes of at least 4 members (excludes halogenated alkanes) is 1. The van der Waals surface area contributed by atoms with Gasteiger partial charge < -0.3 is 10.5 Å². The highest BCUT2D eigenvalue weighted by Crippen LogP contribution is 2.40. The Bertz CT molecular complexity index is 377. The average molecular weight is 247 g/mol. The quantitative estimate of drug-likeness (QED) is 0.752. The van der Waals surface area contributed by atoms with E-state index in [1.54, 1.807) is 0 Å². The number of nitrogens with two attached hydrogens (primary N) is 1. The van der Waals surface area contributed by atoms with E-state index in [1.165, 1.54) is 30.4 Å². The highest BCUT2D eigenvalue weighted by molar-refractivity contribution is 5.39. The van der Waals surface area contributed by atoms with Crippen molar-refractivity contribution in [1.29, 1.82) is 0 Å². The van der Waals surface area contributed by atoms with Gasteiger partial charge >= 0.3 is 0 Å². The molecule has 2 heteroatoms. The maximum Gasteiger partial charge on any atom is 0.0475 e. The molecule has 2 rings (SSSR count). The second-order valence-corrected chi connectivity index (χ2v) is 5.36. The Labute approximate surface area is 111 Å². The van der Waals surface area contributed by atoms with Crippen LogP contribution in [0.25, 0.3) is 0 Å². The summed E-state index contributed by atoms with van der Waals surface area (Å²) in [6, 6.07) is 8.75. The molecule has 0 bridgehead atoms.